The van der Waals surface area contributed by atoms with Crippen LogP contribution in [0, 0.1) is 6.92 Å². The molecule has 0 spiro atoms. The highest BCUT2D eigenvalue weighted by Gasteiger charge is 2.10. The van der Waals surface area contributed by atoms with E-state index >= 15 is 0 Å². The fraction of sp³-hybridized carbons (Fsp3) is 0.312. The van der Waals surface area contributed by atoms with Crippen LogP contribution in [0.2, 0.25) is 5.02 Å². The van der Waals surface area contributed by atoms with E-state index in [1.54, 1.807) is 6.07 Å². The number of benzene rings is 1. The third-order valence-corrected chi connectivity index (χ3v) is 4.77. The Morgan fingerprint density at radius 1 is 1.35 bits per heavy atom. The summed E-state index contributed by atoms with van der Waals surface area (Å²) in [5, 5.41) is 9.28. The number of aromatic amines is 1. The van der Waals surface area contributed by atoms with E-state index < -0.39 is 0 Å². The lowest BCUT2D eigenvalue weighted by molar-refractivity contribution is 0.559. The number of aromatic nitrogens is 3. The Bertz CT molecular complexity index is 904. The number of H-pyrrole nitrogens is 1. The van der Waals surface area contributed by atoms with E-state index in [-0.39, 0.29) is 5.63 Å². The summed E-state index contributed by atoms with van der Waals surface area (Å²) >= 11 is 7.68. The minimum Gasteiger partial charge on any atom is -0.423 e. The van der Waals surface area contributed by atoms with Gasteiger partial charge in [0.2, 0.25) is 5.16 Å². The summed E-state index contributed by atoms with van der Waals surface area (Å²) < 4.78 is 5.27. The van der Waals surface area contributed by atoms with Gasteiger partial charge in [-0.15, -0.1) is 5.10 Å². The second-order valence-electron chi connectivity index (χ2n) is 5.29. The first-order valence-electron chi connectivity index (χ1n) is 7.33. The van der Waals surface area contributed by atoms with Crippen molar-refractivity contribution in [3.05, 3.63) is 50.6 Å². The second-order valence-corrected chi connectivity index (χ2v) is 6.64. The van der Waals surface area contributed by atoms with Crippen LogP contribution in [-0.2, 0) is 12.2 Å². The van der Waals surface area contributed by atoms with Crippen molar-refractivity contribution < 1.29 is 4.42 Å². The largest absolute Gasteiger partial charge is 0.423 e. The summed E-state index contributed by atoms with van der Waals surface area (Å²) in [7, 11) is 0. The number of hydrogen-bond acceptors (Lipinski definition) is 5. The molecule has 0 saturated heterocycles. The van der Waals surface area contributed by atoms with Gasteiger partial charge in [-0.05, 0) is 36.6 Å². The highest BCUT2D eigenvalue weighted by molar-refractivity contribution is 7.98. The maximum absolute atomic E-state index is 11.8. The minimum absolute atomic E-state index is 0.364. The van der Waals surface area contributed by atoms with Gasteiger partial charge >= 0.3 is 5.63 Å². The van der Waals surface area contributed by atoms with Crippen molar-refractivity contribution in [2.75, 3.05) is 0 Å². The number of thioether (sulfide) groups is 1. The smallest absolute Gasteiger partial charge is 0.336 e. The second kappa shape index (κ2) is 6.76. The average molecular weight is 350 g/mol. The Morgan fingerprint density at radius 2 is 2.17 bits per heavy atom. The Balaban J connectivity index is 1.89. The Hall–Kier alpha value is -1.79. The maximum Gasteiger partial charge on any atom is 0.336 e. The molecule has 3 rings (SSSR count). The fourth-order valence-electron chi connectivity index (χ4n) is 2.30. The normalized spacial score (nSPS) is 11.3. The molecule has 0 amide bonds. The summed E-state index contributed by atoms with van der Waals surface area (Å²) in [4.78, 5) is 16.2. The van der Waals surface area contributed by atoms with Crippen LogP contribution in [0.3, 0.4) is 0 Å². The van der Waals surface area contributed by atoms with Crippen LogP contribution >= 0.6 is 23.4 Å². The highest BCUT2D eigenvalue weighted by atomic mass is 35.5. The predicted molar refractivity (Wildman–Crippen MR) is 92.2 cm³/mol. The zero-order valence-electron chi connectivity index (χ0n) is 12.9. The lowest BCUT2D eigenvalue weighted by Crippen LogP contribution is -2.00. The van der Waals surface area contributed by atoms with E-state index in [2.05, 4.69) is 22.1 Å². The first-order valence-corrected chi connectivity index (χ1v) is 8.70. The average Bonchev–Trinajstić information content (AvgIpc) is 2.95. The van der Waals surface area contributed by atoms with Gasteiger partial charge in [0, 0.05) is 28.6 Å². The van der Waals surface area contributed by atoms with Gasteiger partial charge in [-0.1, -0.05) is 30.3 Å². The quantitative estimate of drug-likeness (QED) is 0.554. The number of halogens is 1. The van der Waals surface area contributed by atoms with Gasteiger partial charge < -0.3 is 4.42 Å². The highest BCUT2D eigenvalue weighted by Crippen LogP contribution is 2.28. The molecule has 23 heavy (non-hydrogen) atoms. The van der Waals surface area contributed by atoms with E-state index in [1.165, 1.54) is 17.8 Å². The molecule has 0 aliphatic rings. The van der Waals surface area contributed by atoms with Crippen molar-refractivity contribution in [2.24, 2.45) is 0 Å². The summed E-state index contributed by atoms with van der Waals surface area (Å²) in [5.74, 6) is 1.45. The Morgan fingerprint density at radius 3 is 2.96 bits per heavy atom. The van der Waals surface area contributed by atoms with Gasteiger partial charge in [0.1, 0.15) is 11.4 Å². The van der Waals surface area contributed by atoms with Crippen molar-refractivity contribution in [1.82, 2.24) is 15.2 Å². The van der Waals surface area contributed by atoms with Crippen molar-refractivity contribution in [1.29, 1.82) is 0 Å². The molecule has 0 fully saturated rings. The standard InChI is InChI=1S/C16H16ClN3O2S/c1-3-4-14-18-16(20-19-14)23-8-10-6-15(21)22-13-5-9(2)12(17)7-11(10)13/h5-7H,3-4,8H2,1-2H3,(H,18,19,20). The van der Waals surface area contributed by atoms with Crippen LogP contribution in [0.4, 0.5) is 0 Å². The first-order chi connectivity index (χ1) is 11.1. The van der Waals surface area contributed by atoms with Crippen molar-refractivity contribution >= 4 is 34.3 Å². The van der Waals surface area contributed by atoms with Crippen LogP contribution in [-0.4, -0.2) is 15.2 Å². The van der Waals surface area contributed by atoms with E-state index in [0.717, 1.165) is 35.2 Å². The van der Waals surface area contributed by atoms with Gasteiger partial charge in [0.05, 0.1) is 0 Å². The molecule has 2 heterocycles. The molecule has 0 radical (unpaired) electrons. The molecule has 0 aliphatic carbocycles. The minimum atomic E-state index is -0.364. The predicted octanol–water partition coefficient (Wildman–Crippen LogP) is 4.12. The van der Waals surface area contributed by atoms with Crippen LogP contribution in [0.5, 0.6) is 0 Å². The maximum atomic E-state index is 11.8. The SMILES string of the molecule is CCCc1nc(SCc2cc(=O)oc3cc(C)c(Cl)cc23)n[nH]1. The molecule has 1 aromatic carbocycles. The molecule has 0 unspecified atom stereocenters. The van der Waals surface area contributed by atoms with Crippen molar-refractivity contribution in [3.63, 3.8) is 0 Å². The first kappa shape index (κ1) is 16.1. The Labute approximate surface area is 142 Å². The molecule has 120 valence electrons. The zero-order chi connectivity index (χ0) is 16.4. The molecule has 0 saturated carbocycles. The number of aryl methyl sites for hydroxylation is 2. The lowest BCUT2D eigenvalue weighted by atomic mass is 10.1. The molecule has 1 N–H and O–H groups in total. The molecule has 0 atom stereocenters. The molecule has 5 nitrogen and oxygen atoms in total. The van der Waals surface area contributed by atoms with E-state index in [1.807, 2.05) is 13.0 Å². The molecular weight excluding hydrogens is 334 g/mol. The lowest BCUT2D eigenvalue weighted by Gasteiger charge is -2.06. The molecule has 0 aliphatic heterocycles. The molecular formula is C16H16ClN3O2S. The van der Waals surface area contributed by atoms with Crippen LogP contribution in [0.15, 0.2) is 32.6 Å². The van der Waals surface area contributed by atoms with Gasteiger partial charge in [-0.2, -0.15) is 0 Å². The third-order valence-electron chi connectivity index (χ3n) is 3.46. The van der Waals surface area contributed by atoms with Crippen LogP contribution in [0.25, 0.3) is 11.0 Å². The van der Waals surface area contributed by atoms with Crippen molar-refractivity contribution in [3.8, 4) is 0 Å². The van der Waals surface area contributed by atoms with Crippen LogP contribution < -0.4 is 5.63 Å². The number of nitrogens with zero attached hydrogens (tertiary/aromatic N) is 2. The Kier molecular flexibility index (Phi) is 4.73. The number of nitrogens with one attached hydrogen (secondary N) is 1. The summed E-state index contributed by atoms with van der Waals surface area (Å²) in [6.45, 7) is 3.97. The van der Waals surface area contributed by atoms with E-state index in [4.69, 9.17) is 16.0 Å². The summed E-state index contributed by atoms with van der Waals surface area (Å²) in [6.07, 6.45) is 1.89. The van der Waals surface area contributed by atoms with E-state index in [9.17, 15) is 4.79 Å². The monoisotopic (exact) mass is 349 g/mol. The van der Waals surface area contributed by atoms with Crippen LogP contribution in [0.1, 0.15) is 30.3 Å². The topological polar surface area (TPSA) is 71.8 Å². The molecule has 3 aromatic rings. The molecule has 0 bridgehead atoms. The van der Waals surface area contributed by atoms with Gasteiger partial charge in [-0.3, -0.25) is 5.10 Å². The summed E-state index contributed by atoms with van der Waals surface area (Å²) in [6, 6.07) is 5.13. The summed E-state index contributed by atoms with van der Waals surface area (Å²) in [5.41, 5.74) is 1.93. The van der Waals surface area contributed by atoms with Gasteiger partial charge in [-0.25, -0.2) is 9.78 Å². The third kappa shape index (κ3) is 3.59. The number of fused-ring (bicyclic) bond motifs is 1. The van der Waals surface area contributed by atoms with Gasteiger partial charge in [0.15, 0.2) is 0 Å². The zero-order valence-corrected chi connectivity index (χ0v) is 14.4. The van der Waals surface area contributed by atoms with Crippen molar-refractivity contribution in [2.45, 2.75) is 37.6 Å². The fourth-order valence-corrected chi connectivity index (χ4v) is 3.27. The number of rotatable bonds is 5. The van der Waals surface area contributed by atoms with E-state index in [0.29, 0.717) is 21.5 Å². The number of hydrogen-bond donors (Lipinski definition) is 1. The molecule has 7 heteroatoms. The molecule has 2 aromatic heterocycles. The van der Waals surface area contributed by atoms with Gasteiger partial charge in [0.25, 0.3) is 0 Å².